The summed E-state index contributed by atoms with van der Waals surface area (Å²) in [7, 11) is 1.66. The van der Waals surface area contributed by atoms with E-state index in [0.717, 1.165) is 22.3 Å². The minimum atomic E-state index is 0.842. The summed E-state index contributed by atoms with van der Waals surface area (Å²) in [6.45, 7) is 1.96. The molecule has 1 radical (unpaired) electrons. The molecule has 2 aromatic rings. The van der Waals surface area contributed by atoms with Gasteiger partial charge in [0, 0.05) is 11.1 Å². The second kappa shape index (κ2) is 3.05. The quantitative estimate of drug-likeness (QED) is 0.658. The summed E-state index contributed by atoms with van der Waals surface area (Å²) in [5.74, 6) is 0.842. The lowest BCUT2D eigenvalue weighted by molar-refractivity contribution is 0.415. The lowest BCUT2D eigenvalue weighted by Crippen LogP contribution is -1.85. The molecule has 2 nitrogen and oxygen atoms in total. The van der Waals surface area contributed by atoms with Crippen LogP contribution in [0, 0.1) is 13.0 Å². The summed E-state index contributed by atoms with van der Waals surface area (Å²) < 4.78 is 5.10. The van der Waals surface area contributed by atoms with Crippen LogP contribution in [-0.4, -0.2) is 12.1 Å². The van der Waals surface area contributed by atoms with Crippen LogP contribution in [0.15, 0.2) is 24.3 Å². The highest BCUT2D eigenvalue weighted by Crippen LogP contribution is 2.18. The van der Waals surface area contributed by atoms with Crippen molar-refractivity contribution in [1.82, 2.24) is 4.98 Å². The highest BCUT2D eigenvalue weighted by molar-refractivity contribution is 5.79. The van der Waals surface area contributed by atoms with E-state index in [4.69, 9.17) is 4.74 Å². The lowest BCUT2D eigenvalue weighted by Gasteiger charge is -2.01. The second-order valence-corrected chi connectivity index (χ2v) is 2.92. The largest absolute Gasteiger partial charge is 0.497 e. The summed E-state index contributed by atoms with van der Waals surface area (Å²) in [6, 6.07) is 10.8. The predicted octanol–water partition coefficient (Wildman–Crippen LogP) is 2.35. The smallest absolute Gasteiger partial charge is 0.119 e. The number of pyridine rings is 1. The van der Waals surface area contributed by atoms with E-state index in [1.54, 1.807) is 7.11 Å². The summed E-state index contributed by atoms with van der Waals surface area (Å²) in [5.41, 5.74) is 1.94. The van der Waals surface area contributed by atoms with Crippen LogP contribution in [0.25, 0.3) is 10.9 Å². The fourth-order valence-electron chi connectivity index (χ4n) is 1.26. The Balaban J connectivity index is 2.66. The molecule has 13 heavy (non-hydrogen) atoms. The second-order valence-electron chi connectivity index (χ2n) is 2.92. The first-order chi connectivity index (χ1) is 6.29. The van der Waals surface area contributed by atoms with E-state index in [1.165, 1.54) is 0 Å². The molecule has 0 spiro atoms. The normalized spacial score (nSPS) is 10.3. The molecule has 0 fully saturated rings. The molecule has 0 unspecified atom stereocenters. The van der Waals surface area contributed by atoms with Crippen LogP contribution in [0.5, 0.6) is 5.75 Å². The molecule has 1 heterocycles. The van der Waals surface area contributed by atoms with Gasteiger partial charge in [-0.3, -0.25) is 4.98 Å². The highest BCUT2D eigenvalue weighted by atomic mass is 16.5. The molecule has 0 atom stereocenters. The Morgan fingerprint density at radius 2 is 2.23 bits per heavy atom. The van der Waals surface area contributed by atoms with E-state index >= 15 is 0 Å². The van der Waals surface area contributed by atoms with Crippen LogP contribution in [0.3, 0.4) is 0 Å². The monoisotopic (exact) mass is 172 g/mol. The number of hydrogen-bond donors (Lipinski definition) is 0. The third-order valence-corrected chi connectivity index (χ3v) is 1.94. The predicted molar refractivity (Wildman–Crippen MR) is 51.9 cm³/mol. The molecule has 0 saturated carbocycles. The van der Waals surface area contributed by atoms with Crippen LogP contribution in [-0.2, 0) is 0 Å². The number of fused-ring (bicyclic) bond motifs is 1. The molecule has 0 saturated heterocycles. The highest BCUT2D eigenvalue weighted by Gasteiger charge is 1.97. The average molecular weight is 172 g/mol. The van der Waals surface area contributed by atoms with E-state index in [1.807, 2.05) is 31.2 Å². The van der Waals surface area contributed by atoms with Gasteiger partial charge in [-0.1, -0.05) is 0 Å². The number of benzene rings is 1. The van der Waals surface area contributed by atoms with Crippen molar-refractivity contribution < 1.29 is 4.74 Å². The van der Waals surface area contributed by atoms with Gasteiger partial charge >= 0.3 is 0 Å². The summed E-state index contributed by atoms with van der Waals surface area (Å²) in [4.78, 5) is 4.36. The number of ether oxygens (including phenoxy) is 1. The molecule has 2 rings (SSSR count). The van der Waals surface area contributed by atoms with Gasteiger partial charge in [0.05, 0.1) is 12.6 Å². The molecule has 0 amide bonds. The number of methoxy groups -OCH3 is 1. The zero-order valence-corrected chi connectivity index (χ0v) is 7.66. The summed E-state index contributed by atoms with van der Waals surface area (Å²) >= 11 is 0. The van der Waals surface area contributed by atoms with Crippen molar-refractivity contribution in [1.29, 1.82) is 0 Å². The molecular formula is C11H10NO. The number of aryl methyl sites for hydroxylation is 1. The lowest BCUT2D eigenvalue weighted by atomic mass is 10.2. The van der Waals surface area contributed by atoms with Crippen molar-refractivity contribution in [3.8, 4) is 5.75 Å². The maximum absolute atomic E-state index is 5.10. The van der Waals surface area contributed by atoms with E-state index in [-0.39, 0.29) is 0 Å². The van der Waals surface area contributed by atoms with Gasteiger partial charge < -0.3 is 4.74 Å². The first-order valence-electron chi connectivity index (χ1n) is 4.12. The van der Waals surface area contributed by atoms with Crippen molar-refractivity contribution in [2.45, 2.75) is 6.92 Å². The molecule has 0 N–H and O–H groups in total. The Morgan fingerprint density at radius 1 is 1.38 bits per heavy atom. The summed E-state index contributed by atoms with van der Waals surface area (Å²) in [6.07, 6.45) is 0. The van der Waals surface area contributed by atoms with Crippen LogP contribution in [0.2, 0.25) is 0 Å². The molecule has 0 bridgehead atoms. The Labute approximate surface area is 77.2 Å². The average Bonchev–Trinajstić information content (AvgIpc) is 2.17. The Hall–Kier alpha value is -1.57. The number of nitrogens with zero attached hydrogens (tertiary/aromatic N) is 1. The van der Waals surface area contributed by atoms with Crippen molar-refractivity contribution >= 4 is 10.9 Å². The molecule has 65 valence electrons. The maximum Gasteiger partial charge on any atom is 0.119 e. The number of aromatic nitrogens is 1. The molecule has 0 aliphatic heterocycles. The molecule has 0 aliphatic carbocycles. The van der Waals surface area contributed by atoms with Gasteiger partial charge in [0.15, 0.2) is 0 Å². The zero-order chi connectivity index (χ0) is 9.26. The Kier molecular flexibility index (Phi) is 1.89. The van der Waals surface area contributed by atoms with Gasteiger partial charge in [-0.25, -0.2) is 0 Å². The fraction of sp³-hybridized carbons (Fsp3) is 0.182. The molecular weight excluding hydrogens is 162 g/mol. The van der Waals surface area contributed by atoms with Crippen molar-refractivity contribution in [2.75, 3.05) is 7.11 Å². The molecule has 0 aliphatic rings. The minimum absolute atomic E-state index is 0.842. The third kappa shape index (κ3) is 1.47. The van der Waals surface area contributed by atoms with Crippen LogP contribution in [0.4, 0.5) is 0 Å². The maximum atomic E-state index is 5.10. The van der Waals surface area contributed by atoms with Crippen LogP contribution < -0.4 is 4.74 Å². The topological polar surface area (TPSA) is 22.1 Å². The minimum Gasteiger partial charge on any atom is -0.497 e. The van der Waals surface area contributed by atoms with Crippen LogP contribution >= 0.6 is 0 Å². The fourth-order valence-corrected chi connectivity index (χ4v) is 1.26. The van der Waals surface area contributed by atoms with E-state index in [0.29, 0.717) is 0 Å². The zero-order valence-electron chi connectivity index (χ0n) is 7.66. The van der Waals surface area contributed by atoms with Crippen molar-refractivity contribution in [3.63, 3.8) is 0 Å². The molecule has 1 aromatic carbocycles. The van der Waals surface area contributed by atoms with Gasteiger partial charge in [0.1, 0.15) is 5.75 Å². The van der Waals surface area contributed by atoms with Crippen molar-refractivity contribution in [2.24, 2.45) is 0 Å². The van der Waals surface area contributed by atoms with Gasteiger partial charge in [-0.15, -0.1) is 0 Å². The van der Waals surface area contributed by atoms with E-state index in [9.17, 15) is 0 Å². The Morgan fingerprint density at radius 3 is 3.00 bits per heavy atom. The van der Waals surface area contributed by atoms with Gasteiger partial charge in [0.25, 0.3) is 0 Å². The number of rotatable bonds is 1. The van der Waals surface area contributed by atoms with Gasteiger partial charge in [0.2, 0.25) is 0 Å². The van der Waals surface area contributed by atoms with Crippen molar-refractivity contribution in [3.05, 3.63) is 36.0 Å². The first kappa shape index (κ1) is 8.05. The third-order valence-electron chi connectivity index (χ3n) is 1.94. The Bertz CT molecular complexity index is 437. The summed E-state index contributed by atoms with van der Waals surface area (Å²) in [5, 5.41) is 0.991. The van der Waals surface area contributed by atoms with E-state index < -0.39 is 0 Å². The van der Waals surface area contributed by atoms with Crippen LogP contribution in [0.1, 0.15) is 5.69 Å². The van der Waals surface area contributed by atoms with Gasteiger partial charge in [-0.05, 0) is 37.3 Å². The first-order valence-corrected chi connectivity index (χ1v) is 4.12. The van der Waals surface area contributed by atoms with Gasteiger partial charge in [-0.2, -0.15) is 0 Å². The van der Waals surface area contributed by atoms with E-state index in [2.05, 4.69) is 11.1 Å². The number of hydrogen-bond acceptors (Lipinski definition) is 2. The standard InChI is InChI=1S/C11H10NO/c1-8-3-4-9-7-10(13-2)5-6-11(9)12-8/h3,5-7H,1-2H3. The molecule has 1 aromatic heterocycles. The molecule has 2 heteroatoms. The SMILES string of the molecule is COc1ccc2nc(C)c[c]c2c1.